The molecule has 1 heterocycles. The summed E-state index contributed by atoms with van der Waals surface area (Å²) >= 11 is 0. The van der Waals surface area contributed by atoms with Gasteiger partial charge in [-0.25, -0.2) is 18.2 Å². The number of rotatable bonds is 9. The summed E-state index contributed by atoms with van der Waals surface area (Å²) in [6.45, 7) is 0.857. The minimum Gasteiger partial charge on any atom is -0.478 e. The van der Waals surface area contributed by atoms with E-state index in [9.17, 15) is 18.3 Å². The zero-order valence-electron chi connectivity index (χ0n) is 18.2. The number of hydrogen-bond acceptors (Lipinski definition) is 5. The number of nitrogens with one attached hydrogen (secondary N) is 1. The summed E-state index contributed by atoms with van der Waals surface area (Å²) in [4.78, 5) is 18.5. The van der Waals surface area contributed by atoms with Crippen molar-refractivity contribution in [2.75, 3.05) is 9.62 Å². The van der Waals surface area contributed by atoms with Crippen LogP contribution in [0, 0.1) is 0 Å². The smallest absolute Gasteiger partial charge is 0.339 e. The Bertz CT molecular complexity index is 1320. The number of sulfonamides is 1. The van der Waals surface area contributed by atoms with Crippen LogP contribution in [-0.4, -0.2) is 24.5 Å². The highest BCUT2D eigenvalue weighted by Gasteiger charge is 2.21. The van der Waals surface area contributed by atoms with E-state index in [1.807, 2.05) is 65.6 Å². The predicted octanol–water partition coefficient (Wildman–Crippen LogP) is 4.79. The fourth-order valence-corrected chi connectivity index (χ4v) is 4.60. The van der Waals surface area contributed by atoms with Gasteiger partial charge in [0.1, 0.15) is 11.4 Å². The third-order valence-corrected chi connectivity index (χ3v) is 6.53. The molecule has 0 radical (unpaired) electrons. The summed E-state index contributed by atoms with van der Waals surface area (Å²) in [5, 5.41) is 9.94. The number of carboxylic acids is 1. The van der Waals surface area contributed by atoms with Crippen molar-refractivity contribution in [3.05, 3.63) is 120 Å². The molecule has 0 saturated heterocycles. The molecule has 0 bridgehead atoms. The Morgan fingerprint density at radius 3 is 1.82 bits per heavy atom. The van der Waals surface area contributed by atoms with Crippen LogP contribution >= 0.6 is 0 Å². The van der Waals surface area contributed by atoms with Gasteiger partial charge in [0.25, 0.3) is 10.0 Å². The lowest BCUT2D eigenvalue weighted by atomic mass is 10.1. The van der Waals surface area contributed by atoms with Crippen molar-refractivity contribution in [2.45, 2.75) is 18.0 Å². The molecule has 0 aliphatic heterocycles. The lowest BCUT2D eigenvalue weighted by Crippen LogP contribution is -2.26. The van der Waals surface area contributed by atoms with Gasteiger partial charge < -0.3 is 10.0 Å². The monoisotopic (exact) mass is 473 g/mol. The molecule has 4 aromatic rings. The van der Waals surface area contributed by atoms with Gasteiger partial charge in [0.15, 0.2) is 0 Å². The van der Waals surface area contributed by atoms with Crippen molar-refractivity contribution < 1.29 is 18.3 Å². The lowest BCUT2D eigenvalue weighted by molar-refractivity contribution is 0.0697. The quantitative estimate of drug-likeness (QED) is 0.363. The molecule has 1 aromatic heterocycles. The Morgan fingerprint density at radius 1 is 0.824 bits per heavy atom. The second-order valence-electron chi connectivity index (χ2n) is 7.65. The van der Waals surface area contributed by atoms with E-state index >= 15 is 0 Å². The maximum absolute atomic E-state index is 12.7. The van der Waals surface area contributed by atoms with Gasteiger partial charge in [-0.05, 0) is 29.3 Å². The molecule has 8 heteroatoms. The molecule has 34 heavy (non-hydrogen) atoms. The number of aromatic nitrogens is 1. The standard InChI is InChI=1S/C26H23N3O4S/c30-26(31)24-16-22(28-34(32,33)23-14-8-3-9-15-23)17-27-25(24)29(18-20-10-4-1-5-11-20)19-21-12-6-2-7-13-21/h1-17,28H,18-19H2,(H,30,31). The number of benzene rings is 3. The maximum atomic E-state index is 12.7. The summed E-state index contributed by atoms with van der Waals surface area (Å²) < 4.78 is 27.8. The summed E-state index contributed by atoms with van der Waals surface area (Å²) in [5.41, 5.74) is 1.96. The summed E-state index contributed by atoms with van der Waals surface area (Å²) in [6, 6.07) is 28.5. The average molecular weight is 474 g/mol. The third kappa shape index (κ3) is 5.60. The van der Waals surface area contributed by atoms with Crippen molar-refractivity contribution in [1.82, 2.24) is 4.98 Å². The maximum Gasteiger partial charge on any atom is 0.339 e. The van der Waals surface area contributed by atoms with E-state index in [2.05, 4.69) is 9.71 Å². The van der Waals surface area contributed by atoms with Crippen molar-refractivity contribution in [3.8, 4) is 0 Å². The molecule has 7 nitrogen and oxygen atoms in total. The molecule has 0 atom stereocenters. The van der Waals surface area contributed by atoms with Crippen LogP contribution in [0.2, 0.25) is 0 Å². The van der Waals surface area contributed by atoms with Crippen LogP contribution in [0.1, 0.15) is 21.5 Å². The second-order valence-corrected chi connectivity index (χ2v) is 9.33. The number of aromatic carboxylic acids is 1. The molecule has 0 unspecified atom stereocenters. The lowest BCUT2D eigenvalue weighted by Gasteiger charge is -2.26. The van der Waals surface area contributed by atoms with Crippen molar-refractivity contribution in [1.29, 1.82) is 0 Å². The minimum atomic E-state index is -3.88. The SMILES string of the molecule is O=C(O)c1cc(NS(=O)(=O)c2ccccc2)cnc1N(Cc1ccccc1)Cc1ccccc1. The van der Waals surface area contributed by atoms with E-state index in [4.69, 9.17) is 0 Å². The van der Waals surface area contributed by atoms with Gasteiger partial charge in [-0.15, -0.1) is 0 Å². The molecule has 4 rings (SSSR count). The van der Waals surface area contributed by atoms with E-state index in [-0.39, 0.29) is 22.0 Å². The topological polar surface area (TPSA) is 99.6 Å². The molecule has 0 amide bonds. The van der Waals surface area contributed by atoms with Crippen LogP contribution in [0.15, 0.2) is 108 Å². The highest BCUT2D eigenvalue weighted by atomic mass is 32.2. The highest BCUT2D eigenvalue weighted by Crippen LogP contribution is 2.26. The zero-order valence-corrected chi connectivity index (χ0v) is 19.0. The second kappa shape index (κ2) is 10.2. The molecule has 0 spiro atoms. The molecule has 0 saturated carbocycles. The van der Waals surface area contributed by atoms with E-state index in [0.29, 0.717) is 13.1 Å². The van der Waals surface area contributed by atoms with Crippen molar-refractivity contribution in [3.63, 3.8) is 0 Å². The normalized spacial score (nSPS) is 11.1. The Morgan fingerprint density at radius 2 is 1.32 bits per heavy atom. The fraction of sp³-hybridized carbons (Fsp3) is 0.0769. The number of nitrogens with zero attached hydrogens (tertiary/aromatic N) is 2. The van der Waals surface area contributed by atoms with E-state index in [1.54, 1.807) is 18.2 Å². The molecular weight excluding hydrogens is 450 g/mol. The predicted molar refractivity (Wildman–Crippen MR) is 131 cm³/mol. The average Bonchev–Trinajstić information content (AvgIpc) is 2.85. The van der Waals surface area contributed by atoms with E-state index in [1.165, 1.54) is 24.4 Å². The number of anilines is 2. The first kappa shape index (κ1) is 23.0. The van der Waals surface area contributed by atoms with Crippen LogP contribution in [-0.2, 0) is 23.1 Å². The summed E-state index contributed by atoms with van der Waals surface area (Å²) in [6.07, 6.45) is 1.34. The van der Waals surface area contributed by atoms with E-state index < -0.39 is 16.0 Å². The van der Waals surface area contributed by atoms with Crippen LogP contribution in [0.4, 0.5) is 11.5 Å². The molecule has 172 valence electrons. The first-order valence-corrected chi connectivity index (χ1v) is 12.0. The van der Waals surface area contributed by atoms with Gasteiger partial charge in [0.05, 0.1) is 16.8 Å². The molecule has 3 aromatic carbocycles. The van der Waals surface area contributed by atoms with Gasteiger partial charge in [-0.3, -0.25) is 4.72 Å². The molecular formula is C26H23N3O4S. The molecule has 2 N–H and O–H groups in total. The van der Waals surface area contributed by atoms with Gasteiger partial charge in [-0.2, -0.15) is 0 Å². The largest absolute Gasteiger partial charge is 0.478 e. The van der Waals surface area contributed by atoms with E-state index in [0.717, 1.165) is 11.1 Å². The molecule has 0 fully saturated rings. The number of carboxylic acid groups (broad SMARTS) is 1. The molecule has 0 aliphatic rings. The van der Waals surface area contributed by atoms with Crippen molar-refractivity contribution in [2.24, 2.45) is 0 Å². The van der Waals surface area contributed by atoms with Gasteiger partial charge in [-0.1, -0.05) is 78.9 Å². The molecule has 0 aliphatic carbocycles. The first-order valence-electron chi connectivity index (χ1n) is 10.6. The van der Waals surface area contributed by atoms with Crippen LogP contribution in [0.3, 0.4) is 0 Å². The Hall–Kier alpha value is -4.17. The van der Waals surface area contributed by atoms with Gasteiger partial charge in [0.2, 0.25) is 0 Å². The minimum absolute atomic E-state index is 0.0735. The number of hydrogen-bond donors (Lipinski definition) is 2. The van der Waals surface area contributed by atoms with Crippen LogP contribution in [0.5, 0.6) is 0 Å². The van der Waals surface area contributed by atoms with Gasteiger partial charge in [0, 0.05) is 13.1 Å². The Balaban J connectivity index is 1.70. The van der Waals surface area contributed by atoms with Crippen LogP contribution < -0.4 is 9.62 Å². The van der Waals surface area contributed by atoms with Crippen LogP contribution in [0.25, 0.3) is 0 Å². The number of carbonyl (C=O) groups is 1. The van der Waals surface area contributed by atoms with Crippen molar-refractivity contribution >= 4 is 27.5 Å². The zero-order chi connectivity index (χ0) is 24.0. The third-order valence-electron chi connectivity index (χ3n) is 5.13. The summed E-state index contributed by atoms with van der Waals surface area (Å²) in [5.74, 6) is -0.947. The fourth-order valence-electron chi connectivity index (χ4n) is 3.55. The van der Waals surface area contributed by atoms with Gasteiger partial charge >= 0.3 is 5.97 Å². The summed E-state index contributed by atoms with van der Waals surface area (Å²) in [7, 11) is -3.88. The highest BCUT2D eigenvalue weighted by molar-refractivity contribution is 7.92. The number of pyridine rings is 1. The Labute approximate surface area is 198 Å². The Kier molecular flexibility index (Phi) is 6.89. The first-order chi connectivity index (χ1) is 16.4.